The quantitative estimate of drug-likeness (QED) is 0.609. The number of carbonyl (C=O) groups is 1. The van der Waals surface area contributed by atoms with Gasteiger partial charge < -0.3 is 25.6 Å². The highest BCUT2D eigenvalue weighted by molar-refractivity contribution is 5.75. The molecule has 0 aliphatic heterocycles. The van der Waals surface area contributed by atoms with E-state index in [1.165, 1.54) is 0 Å². The molecule has 0 bridgehead atoms. The summed E-state index contributed by atoms with van der Waals surface area (Å²) in [6.07, 6.45) is -0.551. The van der Waals surface area contributed by atoms with E-state index in [1.807, 2.05) is 37.3 Å². The van der Waals surface area contributed by atoms with Crippen LogP contribution in [-0.4, -0.2) is 36.8 Å². The molecule has 134 valence electrons. The summed E-state index contributed by atoms with van der Waals surface area (Å²) in [4.78, 5) is 10.7. The van der Waals surface area contributed by atoms with Crippen molar-refractivity contribution in [1.29, 1.82) is 0 Å². The molecule has 0 aliphatic carbocycles. The van der Waals surface area contributed by atoms with Gasteiger partial charge in [0, 0.05) is 12.6 Å². The van der Waals surface area contributed by atoms with Crippen LogP contribution in [0, 0.1) is 0 Å². The van der Waals surface area contributed by atoms with Crippen molar-refractivity contribution < 1.29 is 19.4 Å². The van der Waals surface area contributed by atoms with E-state index >= 15 is 0 Å². The molecule has 2 atom stereocenters. The van der Waals surface area contributed by atoms with Crippen molar-refractivity contribution in [2.24, 2.45) is 5.73 Å². The zero-order valence-electron chi connectivity index (χ0n) is 14.2. The zero-order chi connectivity index (χ0) is 18.1. The predicted octanol–water partition coefficient (Wildman–Crippen LogP) is 1.64. The van der Waals surface area contributed by atoms with Gasteiger partial charge in [-0.25, -0.2) is 0 Å². The summed E-state index contributed by atoms with van der Waals surface area (Å²) in [5.74, 6) is 0.741. The first kappa shape index (κ1) is 18.8. The molecule has 25 heavy (non-hydrogen) atoms. The maximum absolute atomic E-state index is 10.7. The molecule has 0 spiro atoms. The fourth-order valence-electron chi connectivity index (χ4n) is 2.17. The van der Waals surface area contributed by atoms with E-state index in [0.29, 0.717) is 24.7 Å². The molecule has 6 nitrogen and oxygen atoms in total. The van der Waals surface area contributed by atoms with Gasteiger partial charge in [-0.1, -0.05) is 30.3 Å². The standard InChI is InChI=1S/C19H24N2O4/c1-14(21-11-18(22)15-5-3-2-4-6-15)12-24-16-7-9-17(10-8-16)25-13-19(20)23/h2-10,14,18,21-22H,11-13H2,1H3,(H2,20,23)/t14-,18+/m1/s1. The van der Waals surface area contributed by atoms with Gasteiger partial charge in [0.2, 0.25) is 0 Å². The van der Waals surface area contributed by atoms with Gasteiger partial charge in [0.25, 0.3) is 5.91 Å². The molecule has 2 aromatic carbocycles. The Morgan fingerprint density at radius 3 is 2.28 bits per heavy atom. The number of benzene rings is 2. The molecule has 0 heterocycles. The molecular weight excluding hydrogens is 320 g/mol. The normalized spacial score (nSPS) is 13.0. The maximum atomic E-state index is 10.7. The van der Waals surface area contributed by atoms with Crippen molar-refractivity contribution in [1.82, 2.24) is 5.32 Å². The van der Waals surface area contributed by atoms with E-state index in [4.69, 9.17) is 15.2 Å². The number of aliphatic hydroxyl groups excluding tert-OH is 1. The number of amides is 1. The van der Waals surface area contributed by atoms with Crippen molar-refractivity contribution in [3.05, 3.63) is 60.2 Å². The smallest absolute Gasteiger partial charge is 0.255 e. The summed E-state index contributed by atoms with van der Waals surface area (Å²) in [5, 5.41) is 13.4. The van der Waals surface area contributed by atoms with Crippen LogP contribution in [0.15, 0.2) is 54.6 Å². The van der Waals surface area contributed by atoms with E-state index < -0.39 is 12.0 Å². The van der Waals surface area contributed by atoms with Crippen molar-refractivity contribution in [3.8, 4) is 11.5 Å². The largest absolute Gasteiger partial charge is 0.492 e. The molecule has 0 radical (unpaired) electrons. The number of rotatable bonds is 10. The van der Waals surface area contributed by atoms with Crippen molar-refractivity contribution >= 4 is 5.91 Å². The highest BCUT2D eigenvalue weighted by atomic mass is 16.5. The molecule has 0 aliphatic rings. The minimum Gasteiger partial charge on any atom is -0.492 e. The van der Waals surface area contributed by atoms with Gasteiger partial charge in [-0.05, 0) is 36.8 Å². The minimum absolute atomic E-state index is 0.0733. The van der Waals surface area contributed by atoms with Crippen LogP contribution in [0.2, 0.25) is 0 Å². The molecule has 1 amide bonds. The third kappa shape index (κ3) is 6.82. The first-order chi connectivity index (χ1) is 12.0. The van der Waals surface area contributed by atoms with Crippen molar-refractivity contribution in [3.63, 3.8) is 0 Å². The molecule has 2 rings (SSSR count). The Balaban J connectivity index is 1.70. The van der Waals surface area contributed by atoms with E-state index in [0.717, 1.165) is 5.56 Å². The molecule has 0 fully saturated rings. The number of aliphatic hydroxyl groups is 1. The van der Waals surface area contributed by atoms with Crippen LogP contribution in [0.3, 0.4) is 0 Å². The van der Waals surface area contributed by atoms with Gasteiger partial charge >= 0.3 is 0 Å². The van der Waals surface area contributed by atoms with E-state index in [9.17, 15) is 9.90 Å². The molecule has 2 aromatic rings. The highest BCUT2D eigenvalue weighted by Crippen LogP contribution is 2.17. The zero-order valence-corrected chi connectivity index (χ0v) is 14.2. The van der Waals surface area contributed by atoms with Gasteiger partial charge in [-0.3, -0.25) is 4.79 Å². The van der Waals surface area contributed by atoms with Crippen LogP contribution in [0.1, 0.15) is 18.6 Å². The second-order valence-corrected chi connectivity index (χ2v) is 5.77. The highest BCUT2D eigenvalue weighted by Gasteiger charge is 2.09. The number of hydrogen-bond acceptors (Lipinski definition) is 5. The monoisotopic (exact) mass is 344 g/mol. The Morgan fingerprint density at radius 1 is 1.08 bits per heavy atom. The van der Waals surface area contributed by atoms with Crippen LogP contribution in [-0.2, 0) is 4.79 Å². The van der Waals surface area contributed by atoms with Crippen LogP contribution in [0.4, 0.5) is 0 Å². The average Bonchev–Trinajstić information content (AvgIpc) is 2.64. The number of nitrogens with two attached hydrogens (primary N) is 1. The van der Waals surface area contributed by atoms with Crippen molar-refractivity contribution in [2.75, 3.05) is 19.8 Å². The lowest BCUT2D eigenvalue weighted by molar-refractivity contribution is -0.119. The summed E-state index contributed by atoms with van der Waals surface area (Å²) >= 11 is 0. The molecular formula is C19H24N2O4. The Morgan fingerprint density at radius 2 is 1.68 bits per heavy atom. The van der Waals surface area contributed by atoms with Gasteiger partial charge in [-0.2, -0.15) is 0 Å². The second kappa shape index (κ2) is 9.66. The maximum Gasteiger partial charge on any atom is 0.255 e. The fraction of sp³-hybridized carbons (Fsp3) is 0.316. The van der Waals surface area contributed by atoms with Gasteiger partial charge in [-0.15, -0.1) is 0 Å². The Bertz CT molecular complexity index is 646. The van der Waals surface area contributed by atoms with E-state index in [2.05, 4.69) is 5.32 Å². The first-order valence-electron chi connectivity index (χ1n) is 8.15. The summed E-state index contributed by atoms with van der Waals surface area (Å²) in [7, 11) is 0. The lowest BCUT2D eigenvalue weighted by atomic mass is 10.1. The fourth-order valence-corrected chi connectivity index (χ4v) is 2.17. The SMILES string of the molecule is C[C@H](COc1ccc(OCC(N)=O)cc1)NC[C@H](O)c1ccccc1. The third-order valence-electron chi connectivity index (χ3n) is 3.55. The Hall–Kier alpha value is -2.57. The Labute approximate surface area is 147 Å². The van der Waals surface area contributed by atoms with Crippen LogP contribution >= 0.6 is 0 Å². The lowest BCUT2D eigenvalue weighted by Gasteiger charge is -2.18. The molecule has 6 heteroatoms. The molecule has 0 aromatic heterocycles. The summed E-state index contributed by atoms with van der Waals surface area (Å²) < 4.78 is 10.9. The number of nitrogens with one attached hydrogen (secondary N) is 1. The number of primary amides is 1. The summed E-state index contributed by atoms with van der Waals surface area (Å²) in [6.45, 7) is 2.75. The average molecular weight is 344 g/mol. The molecule has 0 unspecified atom stereocenters. The number of hydrogen-bond donors (Lipinski definition) is 3. The lowest BCUT2D eigenvalue weighted by Crippen LogP contribution is -2.34. The van der Waals surface area contributed by atoms with Crippen LogP contribution in [0.5, 0.6) is 11.5 Å². The summed E-state index contributed by atoms with van der Waals surface area (Å²) in [5.41, 5.74) is 5.91. The summed E-state index contributed by atoms with van der Waals surface area (Å²) in [6, 6.07) is 16.6. The third-order valence-corrected chi connectivity index (χ3v) is 3.55. The van der Waals surface area contributed by atoms with Gasteiger partial charge in [0.05, 0.1) is 6.10 Å². The van der Waals surface area contributed by atoms with Crippen LogP contribution < -0.4 is 20.5 Å². The van der Waals surface area contributed by atoms with Gasteiger partial charge in [0.15, 0.2) is 6.61 Å². The molecule has 0 saturated carbocycles. The molecule has 4 N–H and O–H groups in total. The first-order valence-corrected chi connectivity index (χ1v) is 8.15. The Kier molecular flexibility index (Phi) is 7.25. The second-order valence-electron chi connectivity index (χ2n) is 5.77. The predicted molar refractivity (Wildman–Crippen MR) is 95.5 cm³/mol. The number of carbonyl (C=O) groups excluding carboxylic acids is 1. The van der Waals surface area contributed by atoms with Crippen molar-refractivity contribution in [2.45, 2.75) is 19.1 Å². The molecule has 0 saturated heterocycles. The van der Waals surface area contributed by atoms with E-state index in [-0.39, 0.29) is 12.6 Å². The van der Waals surface area contributed by atoms with Gasteiger partial charge in [0.1, 0.15) is 18.1 Å². The van der Waals surface area contributed by atoms with Crippen LogP contribution in [0.25, 0.3) is 0 Å². The topological polar surface area (TPSA) is 93.8 Å². The minimum atomic E-state index is -0.551. The van der Waals surface area contributed by atoms with E-state index in [1.54, 1.807) is 24.3 Å². The number of ether oxygens (including phenoxy) is 2.